The Labute approximate surface area is 60.7 Å². The summed E-state index contributed by atoms with van der Waals surface area (Å²) < 4.78 is 10.6. The highest BCUT2D eigenvalue weighted by molar-refractivity contribution is 4.79. The van der Waals surface area contributed by atoms with Crippen LogP contribution in [0.25, 0.3) is 0 Å². The van der Waals surface area contributed by atoms with E-state index >= 15 is 0 Å². The third-order valence-corrected chi connectivity index (χ3v) is 2.15. The molecule has 0 radical (unpaired) electrons. The lowest BCUT2D eigenvalue weighted by molar-refractivity contribution is -0.121. The smallest absolute Gasteiger partial charge is 0.0772 e. The minimum Gasteiger partial charge on any atom is -0.380 e. The van der Waals surface area contributed by atoms with Gasteiger partial charge in [-0.15, -0.1) is 0 Å². The maximum Gasteiger partial charge on any atom is 0.0772 e. The summed E-state index contributed by atoms with van der Waals surface area (Å²) in [6.07, 6.45) is 0.419. The lowest BCUT2D eigenvalue weighted by Crippen LogP contribution is -2.49. The van der Waals surface area contributed by atoms with Gasteiger partial charge in [-0.2, -0.15) is 0 Å². The zero-order chi connectivity index (χ0) is 6.81. The molecule has 2 fully saturated rings. The Hall–Kier alpha value is -0.120. The zero-order valence-corrected chi connectivity index (χ0v) is 6.01. The molecule has 0 aliphatic carbocycles. The maximum absolute atomic E-state index is 5.54. The van der Waals surface area contributed by atoms with Gasteiger partial charge in [0.15, 0.2) is 0 Å². The van der Waals surface area contributed by atoms with Gasteiger partial charge in [-0.05, 0) is 0 Å². The third-order valence-electron chi connectivity index (χ3n) is 2.15. The van der Waals surface area contributed by atoms with E-state index in [2.05, 4.69) is 5.32 Å². The average Bonchev–Trinajstić information content (AvgIpc) is 1.86. The summed E-state index contributed by atoms with van der Waals surface area (Å²) in [4.78, 5) is 0. The van der Waals surface area contributed by atoms with Crippen LogP contribution in [-0.4, -0.2) is 39.0 Å². The van der Waals surface area contributed by atoms with Crippen LogP contribution in [0.5, 0.6) is 0 Å². The van der Waals surface area contributed by atoms with Crippen molar-refractivity contribution in [2.45, 2.75) is 6.10 Å². The van der Waals surface area contributed by atoms with Gasteiger partial charge in [-0.3, -0.25) is 0 Å². The molecule has 2 heterocycles. The topological polar surface area (TPSA) is 30.5 Å². The molecule has 0 bridgehead atoms. The first kappa shape index (κ1) is 6.58. The molecular formula is C7H13NO2. The van der Waals surface area contributed by atoms with Gasteiger partial charge >= 0.3 is 0 Å². The number of hydrogen-bond acceptors (Lipinski definition) is 3. The molecule has 2 aliphatic rings. The number of rotatable bonds is 1. The molecule has 1 N–H and O–H groups in total. The molecule has 0 aromatic carbocycles. The molecule has 3 heteroatoms. The molecule has 2 rings (SSSR count). The second-order valence-corrected chi connectivity index (χ2v) is 2.91. The predicted molar refractivity (Wildman–Crippen MR) is 36.9 cm³/mol. The van der Waals surface area contributed by atoms with Crippen molar-refractivity contribution in [3.63, 3.8) is 0 Å². The predicted octanol–water partition coefficient (Wildman–Crippen LogP) is -0.379. The molecule has 0 aromatic heterocycles. The van der Waals surface area contributed by atoms with Gasteiger partial charge in [0.1, 0.15) is 0 Å². The fourth-order valence-electron chi connectivity index (χ4n) is 1.36. The van der Waals surface area contributed by atoms with Crippen molar-refractivity contribution in [1.82, 2.24) is 5.32 Å². The van der Waals surface area contributed by atoms with E-state index in [1.54, 1.807) is 0 Å². The van der Waals surface area contributed by atoms with Gasteiger partial charge in [0.25, 0.3) is 0 Å². The molecular weight excluding hydrogens is 130 g/mol. The summed E-state index contributed by atoms with van der Waals surface area (Å²) in [6, 6.07) is 0. The first-order valence-corrected chi connectivity index (χ1v) is 3.87. The van der Waals surface area contributed by atoms with Crippen molar-refractivity contribution in [3.8, 4) is 0 Å². The van der Waals surface area contributed by atoms with Crippen LogP contribution in [0.2, 0.25) is 0 Å². The number of nitrogens with one attached hydrogen (secondary N) is 1. The van der Waals surface area contributed by atoms with E-state index in [-0.39, 0.29) is 0 Å². The van der Waals surface area contributed by atoms with Crippen LogP contribution in [0.4, 0.5) is 0 Å². The lowest BCUT2D eigenvalue weighted by atomic mass is 10.00. The van der Waals surface area contributed by atoms with Crippen LogP contribution in [-0.2, 0) is 9.47 Å². The van der Waals surface area contributed by atoms with Crippen LogP contribution in [0.3, 0.4) is 0 Å². The van der Waals surface area contributed by atoms with E-state index in [0.717, 1.165) is 32.9 Å². The molecule has 1 unspecified atom stereocenters. The Morgan fingerprint density at radius 1 is 1.30 bits per heavy atom. The van der Waals surface area contributed by atoms with Gasteiger partial charge in [0, 0.05) is 19.0 Å². The summed E-state index contributed by atoms with van der Waals surface area (Å²) in [5.74, 6) is 0.660. The van der Waals surface area contributed by atoms with E-state index in [1.165, 1.54) is 0 Å². The Bertz CT molecular complexity index is 108. The van der Waals surface area contributed by atoms with Gasteiger partial charge in [-0.25, -0.2) is 0 Å². The summed E-state index contributed by atoms with van der Waals surface area (Å²) in [5.41, 5.74) is 0. The fraction of sp³-hybridized carbons (Fsp3) is 1.00. The monoisotopic (exact) mass is 143 g/mol. The average molecular weight is 143 g/mol. The standard InChI is InChI=1S/C7H13NO2/c1-2-10-7(3-8-1)6-4-9-5-6/h6-8H,1-5H2. The van der Waals surface area contributed by atoms with E-state index in [1.807, 2.05) is 0 Å². The summed E-state index contributed by atoms with van der Waals surface area (Å²) >= 11 is 0. The normalized spacial score (nSPS) is 35.4. The Balaban J connectivity index is 1.78. The number of morpholine rings is 1. The summed E-state index contributed by atoms with van der Waals surface area (Å²) in [5, 5.41) is 3.30. The van der Waals surface area contributed by atoms with Gasteiger partial charge < -0.3 is 14.8 Å². The second-order valence-electron chi connectivity index (χ2n) is 2.91. The van der Waals surface area contributed by atoms with Crippen LogP contribution in [0.15, 0.2) is 0 Å². The zero-order valence-electron chi connectivity index (χ0n) is 6.01. The Morgan fingerprint density at radius 2 is 2.20 bits per heavy atom. The summed E-state index contributed by atoms with van der Waals surface area (Å²) in [7, 11) is 0. The van der Waals surface area contributed by atoms with Crippen LogP contribution < -0.4 is 5.32 Å². The van der Waals surface area contributed by atoms with Crippen molar-refractivity contribution in [2.24, 2.45) is 5.92 Å². The lowest BCUT2D eigenvalue weighted by Gasteiger charge is -2.35. The molecule has 0 aromatic rings. The number of ether oxygens (including phenoxy) is 2. The van der Waals surface area contributed by atoms with Gasteiger partial charge in [0.2, 0.25) is 0 Å². The van der Waals surface area contributed by atoms with E-state index in [4.69, 9.17) is 9.47 Å². The van der Waals surface area contributed by atoms with Gasteiger partial charge in [-0.1, -0.05) is 0 Å². The summed E-state index contributed by atoms with van der Waals surface area (Å²) in [6.45, 7) is 4.66. The minimum absolute atomic E-state index is 0.419. The molecule has 2 aliphatic heterocycles. The number of hydrogen-bond donors (Lipinski definition) is 1. The van der Waals surface area contributed by atoms with Crippen molar-refractivity contribution in [1.29, 1.82) is 0 Å². The molecule has 3 nitrogen and oxygen atoms in total. The highest BCUT2D eigenvalue weighted by atomic mass is 16.5. The first-order valence-electron chi connectivity index (χ1n) is 3.87. The Kier molecular flexibility index (Phi) is 1.88. The van der Waals surface area contributed by atoms with E-state index in [0.29, 0.717) is 12.0 Å². The SMILES string of the molecule is C1COC(C2COC2)CN1. The molecule has 1 atom stereocenters. The fourth-order valence-corrected chi connectivity index (χ4v) is 1.36. The van der Waals surface area contributed by atoms with E-state index < -0.39 is 0 Å². The van der Waals surface area contributed by atoms with Crippen molar-refractivity contribution in [2.75, 3.05) is 32.9 Å². The third kappa shape index (κ3) is 1.17. The van der Waals surface area contributed by atoms with Crippen LogP contribution >= 0.6 is 0 Å². The molecule has 58 valence electrons. The van der Waals surface area contributed by atoms with E-state index in [9.17, 15) is 0 Å². The van der Waals surface area contributed by atoms with Crippen molar-refractivity contribution in [3.05, 3.63) is 0 Å². The quantitative estimate of drug-likeness (QED) is 0.543. The minimum atomic E-state index is 0.419. The Morgan fingerprint density at radius 3 is 2.70 bits per heavy atom. The first-order chi connectivity index (χ1) is 4.97. The highest BCUT2D eigenvalue weighted by Gasteiger charge is 2.29. The highest BCUT2D eigenvalue weighted by Crippen LogP contribution is 2.18. The van der Waals surface area contributed by atoms with Crippen molar-refractivity contribution >= 4 is 0 Å². The van der Waals surface area contributed by atoms with Crippen LogP contribution in [0.1, 0.15) is 0 Å². The molecule has 0 spiro atoms. The molecule has 0 amide bonds. The second kappa shape index (κ2) is 2.86. The maximum atomic E-state index is 5.54. The molecule has 10 heavy (non-hydrogen) atoms. The molecule has 2 saturated heterocycles. The molecule has 0 saturated carbocycles. The largest absolute Gasteiger partial charge is 0.380 e. The van der Waals surface area contributed by atoms with Crippen molar-refractivity contribution < 1.29 is 9.47 Å². The van der Waals surface area contributed by atoms with Crippen LogP contribution in [0, 0.1) is 5.92 Å². The van der Waals surface area contributed by atoms with Gasteiger partial charge in [0.05, 0.1) is 25.9 Å².